The molecule has 0 bridgehead atoms. The van der Waals surface area contributed by atoms with Gasteiger partial charge in [-0.25, -0.2) is 8.42 Å². The summed E-state index contributed by atoms with van der Waals surface area (Å²) in [6.07, 6.45) is 1.34. The first-order valence-electron chi connectivity index (χ1n) is 6.73. The van der Waals surface area contributed by atoms with Crippen LogP contribution in [0.1, 0.15) is 5.56 Å². The second-order valence-corrected chi connectivity index (χ2v) is 8.99. The normalized spacial score (nSPS) is 17.0. The number of hydrogen-bond donors (Lipinski definition) is 0. The zero-order chi connectivity index (χ0) is 15.9. The van der Waals surface area contributed by atoms with Crippen molar-refractivity contribution in [2.24, 2.45) is 0 Å². The van der Waals surface area contributed by atoms with Crippen molar-refractivity contribution in [2.45, 2.75) is 11.8 Å². The summed E-state index contributed by atoms with van der Waals surface area (Å²) in [6, 6.07) is 3.48. The summed E-state index contributed by atoms with van der Waals surface area (Å²) in [5.74, 6) is 1.59. The smallest absolute Gasteiger partial charge is 0.246 e. The SMILES string of the molecule is Cc1cc2ncc(S(=O)(=O)N3CCSCC3)c(Cl)c2cc1Cl. The molecule has 0 aliphatic carbocycles. The van der Waals surface area contributed by atoms with Gasteiger partial charge in [-0.15, -0.1) is 0 Å². The van der Waals surface area contributed by atoms with Crippen LogP contribution in [-0.2, 0) is 10.0 Å². The van der Waals surface area contributed by atoms with Gasteiger partial charge in [0.1, 0.15) is 4.90 Å². The van der Waals surface area contributed by atoms with Crippen molar-refractivity contribution in [3.8, 4) is 0 Å². The summed E-state index contributed by atoms with van der Waals surface area (Å²) in [5.41, 5.74) is 1.52. The van der Waals surface area contributed by atoms with Gasteiger partial charge in [0.15, 0.2) is 0 Å². The molecule has 2 heterocycles. The predicted molar refractivity (Wildman–Crippen MR) is 92.6 cm³/mol. The highest BCUT2D eigenvalue weighted by molar-refractivity contribution is 7.99. The lowest BCUT2D eigenvalue weighted by Gasteiger charge is -2.26. The number of pyridine rings is 1. The van der Waals surface area contributed by atoms with Gasteiger partial charge in [-0.2, -0.15) is 16.1 Å². The number of aryl methyl sites for hydroxylation is 1. The Kier molecular flexibility index (Phi) is 4.58. The number of nitrogens with zero attached hydrogens (tertiary/aromatic N) is 2. The maximum atomic E-state index is 12.8. The average molecular weight is 377 g/mol. The van der Waals surface area contributed by atoms with Crippen molar-refractivity contribution in [3.05, 3.63) is 33.9 Å². The van der Waals surface area contributed by atoms with E-state index in [0.717, 1.165) is 17.1 Å². The third-order valence-corrected chi connectivity index (χ3v) is 7.42. The number of rotatable bonds is 2. The van der Waals surface area contributed by atoms with E-state index in [2.05, 4.69) is 4.98 Å². The quantitative estimate of drug-likeness (QED) is 0.803. The standard InChI is InChI=1S/C14H14Cl2N2O2S2/c1-9-6-12-10(7-11(9)15)14(16)13(8-17-12)22(19,20)18-2-4-21-5-3-18/h6-8H,2-5H2,1H3. The van der Waals surface area contributed by atoms with Crippen molar-refractivity contribution >= 4 is 55.9 Å². The van der Waals surface area contributed by atoms with Crippen molar-refractivity contribution in [1.29, 1.82) is 0 Å². The summed E-state index contributed by atoms with van der Waals surface area (Å²) in [7, 11) is -3.62. The van der Waals surface area contributed by atoms with Crippen LogP contribution in [0.25, 0.3) is 10.9 Å². The summed E-state index contributed by atoms with van der Waals surface area (Å²) in [6.45, 7) is 2.86. The molecule has 22 heavy (non-hydrogen) atoms. The number of halogens is 2. The molecular weight excluding hydrogens is 363 g/mol. The van der Waals surface area contributed by atoms with Gasteiger partial charge in [0.25, 0.3) is 0 Å². The molecule has 0 amide bonds. The topological polar surface area (TPSA) is 50.3 Å². The molecule has 0 atom stereocenters. The highest BCUT2D eigenvalue weighted by Gasteiger charge is 2.29. The molecule has 0 spiro atoms. The van der Waals surface area contributed by atoms with Gasteiger partial charge >= 0.3 is 0 Å². The minimum absolute atomic E-state index is 0.0495. The summed E-state index contributed by atoms with van der Waals surface area (Å²) < 4.78 is 27.0. The summed E-state index contributed by atoms with van der Waals surface area (Å²) in [5, 5.41) is 1.29. The van der Waals surface area contributed by atoms with E-state index < -0.39 is 10.0 Å². The van der Waals surface area contributed by atoms with Crippen LogP contribution in [0.2, 0.25) is 10.0 Å². The number of hydrogen-bond acceptors (Lipinski definition) is 4. The second kappa shape index (κ2) is 6.17. The minimum Gasteiger partial charge on any atom is -0.255 e. The number of aromatic nitrogens is 1. The molecule has 0 radical (unpaired) electrons. The van der Waals surface area contributed by atoms with Crippen molar-refractivity contribution in [3.63, 3.8) is 0 Å². The van der Waals surface area contributed by atoms with E-state index in [4.69, 9.17) is 23.2 Å². The molecule has 0 N–H and O–H groups in total. The second-order valence-electron chi connectivity index (χ2n) is 5.07. The minimum atomic E-state index is -3.62. The third kappa shape index (κ3) is 2.83. The molecule has 0 saturated carbocycles. The lowest BCUT2D eigenvalue weighted by molar-refractivity contribution is 0.443. The molecule has 1 saturated heterocycles. The Morgan fingerprint density at radius 3 is 2.59 bits per heavy atom. The van der Waals surface area contributed by atoms with E-state index in [1.807, 2.05) is 6.92 Å². The van der Waals surface area contributed by atoms with Crippen LogP contribution in [0.15, 0.2) is 23.2 Å². The van der Waals surface area contributed by atoms with Gasteiger partial charge < -0.3 is 0 Å². The first kappa shape index (κ1) is 16.3. The van der Waals surface area contributed by atoms with Crippen LogP contribution in [-0.4, -0.2) is 42.3 Å². The molecule has 3 rings (SSSR count). The van der Waals surface area contributed by atoms with Gasteiger partial charge in [-0.05, 0) is 24.6 Å². The Labute approximate surface area is 143 Å². The summed E-state index contributed by atoms with van der Waals surface area (Å²) in [4.78, 5) is 4.30. The lowest BCUT2D eigenvalue weighted by atomic mass is 10.1. The van der Waals surface area contributed by atoms with Gasteiger partial charge in [-0.3, -0.25) is 4.98 Å². The van der Waals surface area contributed by atoms with E-state index in [-0.39, 0.29) is 9.92 Å². The van der Waals surface area contributed by atoms with Gasteiger partial charge in [0.05, 0.1) is 10.5 Å². The Morgan fingerprint density at radius 1 is 1.23 bits per heavy atom. The molecule has 4 nitrogen and oxygen atoms in total. The molecular formula is C14H14Cl2N2O2S2. The molecule has 2 aromatic rings. The number of sulfonamides is 1. The Morgan fingerprint density at radius 2 is 1.91 bits per heavy atom. The lowest BCUT2D eigenvalue weighted by Crippen LogP contribution is -2.38. The first-order chi connectivity index (χ1) is 10.4. The molecule has 118 valence electrons. The third-order valence-electron chi connectivity index (χ3n) is 3.64. The first-order valence-corrected chi connectivity index (χ1v) is 10.1. The zero-order valence-corrected chi connectivity index (χ0v) is 15.0. The molecule has 1 aromatic heterocycles. The van der Waals surface area contributed by atoms with Crippen LogP contribution in [0.4, 0.5) is 0 Å². The van der Waals surface area contributed by atoms with E-state index in [0.29, 0.717) is 29.0 Å². The predicted octanol–water partition coefficient (Wildman–Crippen LogP) is 3.59. The van der Waals surface area contributed by atoms with E-state index in [9.17, 15) is 8.42 Å². The Bertz CT molecular complexity index is 834. The van der Waals surface area contributed by atoms with Gasteiger partial charge in [0, 0.05) is 41.2 Å². The fourth-order valence-corrected chi connectivity index (χ4v) is 5.63. The van der Waals surface area contributed by atoms with Crippen molar-refractivity contribution in [2.75, 3.05) is 24.6 Å². The molecule has 1 aliphatic heterocycles. The van der Waals surface area contributed by atoms with Crippen LogP contribution in [0.5, 0.6) is 0 Å². The maximum Gasteiger partial charge on any atom is 0.246 e. The van der Waals surface area contributed by atoms with E-state index >= 15 is 0 Å². The fourth-order valence-electron chi connectivity index (χ4n) is 2.37. The number of fused-ring (bicyclic) bond motifs is 1. The molecule has 1 aliphatic rings. The van der Waals surface area contributed by atoms with Gasteiger partial charge in [-0.1, -0.05) is 23.2 Å². The van der Waals surface area contributed by atoms with Crippen LogP contribution < -0.4 is 0 Å². The zero-order valence-electron chi connectivity index (χ0n) is 11.8. The van der Waals surface area contributed by atoms with E-state index in [1.54, 1.807) is 23.9 Å². The monoisotopic (exact) mass is 376 g/mol. The van der Waals surface area contributed by atoms with Crippen LogP contribution >= 0.6 is 35.0 Å². The molecule has 1 fully saturated rings. The summed E-state index contributed by atoms with van der Waals surface area (Å²) >= 11 is 14.2. The van der Waals surface area contributed by atoms with E-state index in [1.165, 1.54) is 10.5 Å². The Balaban J connectivity index is 2.15. The highest BCUT2D eigenvalue weighted by atomic mass is 35.5. The van der Waals surface area contributed by atoms with Crippen LogP contribution in [0, 0.1) is 6.92 Å². The number of benzene rings is 1. The highest BCUT2D eigenvalue weighted by Crippen LogP contribution is 2.33. The largest absolute Gasteiger partial charge is 0.255 e. The fraction of sp³-hybridized carbons (Fsp3) is 0.357. The van der Waals surface area contributed by atoms with Crippen molar-refractivity contribution < 1.29 is 8.42 Å². The van der Waals surface area contributed by atoms with Gasteiger partial charge in [0.2, 0.25) is 10.0 Å². The molecule has 1 aromatic carbocycles. The Hall–Kier alpha value is -0.530. The maximum absolute atomic E-state index is 12.8. The molecule has 0 unspecified atom stereocenters. The van der Waals surface area contributed by atoms with Crippen LogP contribution in [0.3, 0.4) is 0 Å². The number of thioether (sulfide) groups is 1. The average Bonchev–Trinajstić information content (AvgIpc) is 2.50. The van der Waals surface area contributed by atoms with Crippen molar-refractivity contribution in [1.82, 2.24) is 9.29 Å². The molecule has 8 heteroatoms.